The first-order valence-electron chi connectivity index (χ1n) is 6.43. The van der Waals surface area contributed by atoms with Gasteiger partial charge in [-0.05, 0) is 26.7 Å². The van der Waals surface area contributed by atoms with Crippen LogP contribution in [-0.2, 0) is 4.89 Å². The molecule has 0 fully saturated rings. The van der Waals surface area contributed by atoms with Crippen LogP contribution in [0, 0.1) is 0 Å². The van der Waals surface area contributed by atoms with Gasteiger partial charge in [-0.3, -0.25) is 5.26 Å². The summed E-state index contributed by atoms with van der Waals surface area (Å²) in [4.78, 5) is 15.5. The molecule has 102 valence electrons. The quantitative estimate of drug-likeness (QED) is 0.332. The normalized spacial score (nSPS) is 14.1. The van der Waals surface area contributed by atoms with Crippen LogP contribution in [-0.4, -0.2) is 30.0 Å². The van der Waals surface area contributed by atoms with E-state index in [4.69, 9.17) is 5.26 Å². The topological polar surface area (TPSA) is 70.6 Å². The van der Waals surface area contributed by atoms with Gasteiger partial charge < -0.3 is 10.6 Å². The number of hydrogen-bond donors (Lipinski definition) is 3. The minimum Gasteiger partial charge on any atom is -0.336 e. The summed E-state index contributed by atoms with van der Waals surface area (Å²) in [6.07, 6.45) is 5.14. The number of rotatable bonds is 9. The molecule has 0 aromatic heterocycles. The highest BCUT2D eigenvalue weighted by Gasteiger charge is 2.09. The van der Waals surface area contributed by atoms with E-state index in [1.54, 1.807) is 0 Å². The van der Waals surface area contributed by atoms with Crippen molar-refractivity contribution in [1.82, 2.24) is 10.6 Å². The van der Waals surface area contributed by atoms with Crippen molar-refractivity contribution in [3.63, 3.8) is 0 Å². The highest BCUT2D eigenvalue weighted by atomic mass is 17.1. The van der Waals surface area contributed by atoms with E-state index >= 15 is 0 Å². The second-order valence-corrected chi connectivity index (χ2v) is 4.54. The molecule has 0 aliphatic heterocycles. The first-order valence-corrected chi connectivity index (χ1v) is 6.43. The van der Waals surface area contributed by atoms with E-state index in [0.717, 1.165) is 12.8 Å². The largest absolute Gasteiger partial charge is 0.336 e. The molecule has 2 unspecified atom stereocenters. The predicted octanol–water partition coefficient (Wildman–Crippen LogP) is 2.52. The molecule has 0 aromatic carbocycles. The number of unbranched alkanes of at least 4 members (excludes halogenated alkanes) is 2. The maximum Gasteiger partial charge on any atom is 0.315 e. The second-order valence-electron chi connectivity index (χ2n) is 4.54. The van der Waals surface area contributed by atoms with Gasteiger partial charge in [-0.2, -0.15) is 0 Å². The molecule has 5 nitrogen and oxygen atoms in total. The fourth-order valence-corrected chi connectivity index (χ4v) is 1.56. The Labute approximate surface area is 104 Å². The van der Waals surface area contributed by atoms with Crippen LogP contribution in [0.25, 0.3) is 0 Å². The molecule has 0 heterocycles. The van der Waals surface area contributed by atoms with Crippen LogP contribution < -0.4 is 10.6 Å². The van der Waals surface area contributed by atoms with Gasteiger partial charge in [0.15, 0.2) is 0 Å². The smallest absolute Gasteiger partial charge is 0.315 e. The van der Waals surface area contributed by atoms with Crippen molar-refractivity contribution in [1.29, 1.82) is 0 Å². The summed E-state index contributed by atoms with van der Waals surface area (Å²) in [7, 11) is 0. The zero-order valence-corrected chi connectivity index (χ0v) is 11.2. The number of amides is 2. The van der Waals surface area contributed by atoms with Gasteiger partial charge in [-0.15, -0.1) is 0 Å². The predicted molar refractivity (Wildman–Crippen MR) is 67.9 cm³/mol. The monoisotopic (exact) mass is 246 g/mol. The average Bonchev–Trinajstić information content (AvgIpc) is 2.26. The summed E-state index contributed by atoms with van der Waals surface area (Å²) in [6.45, 7) is 6.28. The highest BCUT2D eigenvalue weighted by Crippen LogP contribution is 2.02. The van der Waals surface area contributed by atoms with E-state index in [0.29, 0.717) is 6.42 Å². The van der Waals surface area contributed by atoms with E-state index in [1.165, 1.54) is 12.8 Å². The van der Waals surface area contributed by atoms with Crippen LogP contribution in [0.15, 0.2) is 0 Å². The number of carbonyl (C=O) groups excluding carboxylic acids is 1. The Bertz CT molecular complexity index is 200. The number of hydrogen-bond acceptors (Lipinski definition) is 3. The molecule has 0 aliphatic rings. The van der Waals surface area contributed by atoms with Crippen molar-refractivity contribution >= 4 is 6.03 Å². The summed E-state index contributed by atoms with van der Waals surface area (Å²) in [5, 5.41) is 13.9. The SMILES string of the molecule is CCCCCC(C)NC(=O)NC(C)CCOO. The third-order valence-corrected chi connectivity index (χ3v) is 2.64. The minimum absolute atomic E-state index is 0.00927. The van der Waals surface area contributed by atoms with E-state index in [-0.39, 0.29) is 24.7 Å². The molecule has 3 N–H and O–H groups in total. The Hall–Kier alpha value is -0.810. The van der Waals surface area contributed by atoms with Crippen molar-refractivity contribution in [2.75, 3.05) is 6.61 Å². The molecule has 0 aliphatic carbocycles. The number of carbonyl (C=O) groups is 1. The van der Waals surface area contributed by atoms with E-state index in [1.807, 2.05) is 13.8 Å². The fraction of sp³-hybridized carbons (Fsp3) is 0.917. The third-order valence-electron chi connectivity index (χ3n) is 2.64. The third kappa shape index (κ3) is 10.1. The Morgan fingerprint density at radius 3 is 2.29 bits per heavy atom. The highest BCUT2D eigenvalue weighted by molar-refractivity contribution is 5.74. The van der Waals surface area contributed by atoms with Crippen LogP contribution in [0.2, 0.25) is 0 Å². The van der Waals surface area contributed by atoms with Crippen LogP contribution in [0.1, 0.15) is 52.9 Å². The maximum atomic E-state index is 11.5. The van der Waals surface area contributed by atoms with E-state index in [2.05, 4.69) is 22.4 Å². The van der Waals surface area contributed by atoms with Gasteiger partial charge in [-0.1, -0.05) is 26.2 Å². The first kappa shape index (κ1) is 16.2. The molecule has 5 heteroatoms. The van der Waals surface area contributed by atoms with Gasteiger partial charge in [0.1, 0.15) is 0 Å². The fourth-order valence-electron chi connectivity index (χ4n) is 1.56. The van der Waals surface area contributed by atoms with Gasteiger partial charge in [0, 0.05) is 12.1 Å². The zero-order chi connectivity index (χ0) is 13.1. The van der Waals surface area contributed by atoms with Crippen LogP contribution in [0.3, 0.4) is 0 Å². The van der Waals surface area contributed by atoms with Crippen LogP contribution in [0.5, 0.6) is 0 Å². The molecule has 0 aromatic rings. The first-order chi connectivity index (χ1) is 8.10. The lowest BCUT2D eigenvalue weighted by atomic mass is 10.1. The van der Waals surface area contributed by atoms with Crippen molar-refractivity contribution in [2.24, 2.45) is 0 Å². The molecule has 0 bridgehead atoms. The number of nitrogens with one attached hydrogen (secondary N) is 2. The van der Waals surface area contributed by atoms with Crippen molar-refractivity contribution in [2.45, 2.75) is 65.0 Å². The van der Waals surface area contributed by atoms with Gasteiger partial charge in [-0.25, -0.2) is 9.68 Å². The summed E-state index contributed by atoms with van der Waals surface area (Å²) in [6, 6.07) is 0.0345. The average molecular weight is 246 g/mol. The number of urea groups is 1. The van der Waals surface area contributed by atoms with E-state index < -0.39 is 0 Å². The molecule has 2 atom stereocenters. The maximum absolute atomic E-state index is 11.5. The van der Waals surface area contributed by atoms with Crippen molar-refractivity contribution in [3.8, 4) is 0 Å². The van der Waals surface area contributed by atoms with E-state index in [9.17, 15) is 4.79 Å². The summed E-state index contributed by atoms with van der Waals surface area (Å²) >= 11 is 0. The lowest BCUT2D eigenvalue weighted by molar-refractivity contribution is -0.243. The Morgan fingerprint density at radius 2 is 1.76 bits per heavy atom. The summed E-state index contributed by atoms with van der Waals surface area (Å²) in [5.74, 6) is 0. The lowest BCUT2D eigenvalue weighted by Crippen LogP contribution is -2.44. The molecular weight excluding hydrogens is 220 g/mol. The molecule has 0 saturated heterocycles. The Kier molecular flexibility index (Phi) is 9.86. The standard InChI is InChI=1S/C12H26N2O3/c1-4-5-6-7-10(2)13-12(15)14-11(3)8-9-17-16/h10-11,16H,4-9H2,1-3H3,(H2,13,14,15). The van der Waals surface area contributed by atoms with Gasteiger partial charge in [0.25, 0.3) is 0 Å². The molecule has 0 spiro atoms. The van der Waals surface area contributed by atoms with Gasteiger partial charge in [0.05, 0.1) is 6.61 Å². The Balaban J connectivity index is 3.62. The molecule has 0 rings (SSSR count). The molecular formula is C12H26N2O3. The van der Waals surface area contributed by atoms with Gasteiger partial charge >= 0.3 is 6.03 Å². The summed E-state index contributed by atoms with van der Waals surface area (Å²) in [5.41, 5.74) is 0. The second kappa shape index (κ2) is 10.4. The lowest BCUT2D eigenvalue weighted by Gasteiger charge is -2.17. The van der Waals surface area contributed by atoms with Crippen LogP contribution in [0.4, 0.5) is 4.79 Å². The zero-order valence-electron chi connectivity index (χ0n) is 11.2. The Morgan fingerprint density at radius 1 is 1.18 bits per heavy atom. The van der Waals surface area contributed by atoms with Crippen LogP contribution >= 0.6 is 0 Å². The van der Waals surface area contributed by atoms with Gasteiger partial charge in [0.2, 0.25) is 0 Å². The molecule has 17 heavy (non-hydrogen) atoms. The molecule has 0 radical (unpaired) electrons. The minimum atomic E-state index is -0.153. The van der Waals surface area contributed by atoms with Crippen molar-refractivity contribution in [3.05, 3.63) is 0 Å². The molecule has 2 amide bonds. The summed E-state index contributed by atoms with van der Waals surface area (Å²) < 4.78 is 0. The molecule has 0 saturated carbocycles. The van der Waals surface area contributed by atoms with Crippen molar-refractivity contribution < 1.29 is 14.9 Å².